The molecule has 1 N–H and O–H groups in total. The van der Waals surface area contributed by atoms with Crippen LogP contribution in [0.2, 0.25) is 5.02 Å². The van der Waals surface area contributed by atoms with Gasteiger partial charge in [0.15, 0.2) is 0 Å². The highest BCUT2D eigenvalue weighted by atomic mass is 35.5. The lowest BCUT2D eigenvalue weighted by atomic mass is 10.3. The fourth-order valence-corrected chi connectivity index (χ4v) is 3.04. The van der Waals surface area contributed by atoms with Crippen LogP contribution in [0.3, 0.4) is 0 Å². The van der Waals surface area contributed by atoms with Gasteiger partial charge in [0.25, 0.3) is 5.22 Å². The molecule has 24 heavy (non-hydrogen) atoms. The number of imidazole rings is 1. The molecular weight excluding hydrogens is 350 g/mol. The molecule has 3 aromatic rings. The van der Waals surface area contributed by atoms with Crippen molar-refractivity contribution < 1.29 is 9.21 Å². The molecule has 2 aromatic heterocycles. The van der Waals surface area contributed by atoms with Crippen LogP contribution >= 0.6 is 23.4 Å². The number of aromatic nitrogens is 4. The first-order valence-corrected chi connectivity index (χ1v) is 8.68. The molecule has 126 valence electrons. The minimum atomic E-state index is -0.00462. The maximum atomic E-state index is 12.1. The number of benzene rings is 1. The van der Waals surface area contributed by atoms with Crippen molar-refractivity contribution in [2.24, 2.45) is 0 Å². The Hall–Kier alpha value is -2.06. The number of amides is 1. The van der Waals surface area contributed by atoms with Gasteiger partial charge < -0.3 is 14.3 Å². The van der Waals surface area contributed by atoms with E-state index in [2.05, 4.69) is 20.2 Å². The van der Waals surface area contributed by atoms with Crippen molar-refractivity contribution in [3.8, 4) is 0 Å². The Morgan fingerprint density at radius 3 is 3.00 bits per heavy atom. The number of likely N-dealkylation sites (N-methyl/N-ethyl adjacent to an activating group) is 1. The van der Waals surface area contributed by atoms with Gasteiger partial charge in [0, 0.05) is 32.0 Å². The van der Waals surface area contributed by atoms with E-state index in [4.69, 9.17) is 16.0 Å². The van der Waals surface area contributed by atoms with E-state index in [1.165, 1.54) is 11.8 Å². The molecular formula is C15H16ClN5O2S. The predicted molar refractivity (Wildman–Crippen MR) is 92.2 cm³/mol. The van der Waals surface area contributed by atoms with Crippen molar-refractivity contribution in [1.29, 1.82) is 0 Å². The fourth-order valence-electron chi connectivity index (χ4n) is 2.12. The first-order chi connectivity index (χ1) is 11.5. The average Bonchev–Trinajstić information content (AvgIpc) is 3.15. The summed E-state index contributed by atoms with van der Waals surface area (Å²) >= 11 is 7.20. The Balaban J connectivity index is 1.51. The largest absolute Gasteiger partial charge is 0.416 e. The van der Waals surface area contributed by atoms with Gasteiger partial charge in [0.1, 0.15) is 5.82 Å². The fraction of sp³-hybridized carbons (Fsp3) is 0.333. The highest BCUT2D eigenvalue weighted by Gasteiger charge is 2.13. The number of hydrogen-bond acceptors (Lipinski definition) is 6. The molecule has 0 aliphatic heterocycles. The standard InChI is InChI=1S/C15H16ClN5O2S/c1-9-19-20-15(23-9)24-8-14(22)21(2)6-5-13-17-11-4-3-10(16)7-12(11)18-13/h3-4,7H,5-6,8H2,1-2H3,(H,17,18). The zero-order valence-electron chi connectivity index (χ0n) is 13.2. The maximum absolute atomic E-state index is 12.1. The maximum Gasteiger partial charge on any atom is 0.277 e. The molecule has 0 bridgehead atoms. The van der Waals surface area contributed by atoms with E-state index >= 15 is 0 Å². The van der Waals surface area contributed by atoms with Crippen LogP contribution in [0.1, 0.15) is 11.7 Å². The molecule has 9 heteroatoms. The summed E-state index contributed by atoms with van der Waals surface area (Å²) in [6, 6.07) is 5.52. The lowest BCUT2D eigenvalue weighted by Crippen LogP contribution is -2.30. The zero-order chi connectivity index (χ0) is 17.1. The molecule has 0 spiro atoms. The number of nitrogens with zero attached hydrogens (tertiary/aromatic N) is 4. The SMILES string of the molecule is Cc1nnc(SCC(=O)N(C)CCc2nc3ccc(Cl)cc3[nH]2)o1. The van der Waals surface area contributed by atoms with Crippen LogP contribution in [0.15, 0.2) is 27.8 Å². The summed E-state index contributed by atoms with van der Waals surface area (Å²) in [6.07, 6.45) is 0.638. The number of H-pyrrole nitrogens is 1. The Morgan fingerprint density at radius 1 is 1.42 bits per heavy atom. The van der Waals surface area contributed by atoms with Crippen molar-refractivity contribution in [1.82, 2.24) is 25.1 Å². The lowest BCUT2D eigenvalue weighted by Gasteiger charge is -2.15. The zero-order valence-corrected chi connectivity index (χ0v) is 14.8. The number of carbonyl (C=O) groups is 1. The summed E-state index contributed by atoms with van der Waals surface area (Å²) in [5, 5.41) is 8.65. The second-order valence-corrected chi connectivity index (χ2v) is 6.65. The lowest BCUT2D eigenvalue weighted by molar-refractivity contribution is -0.127. The smallest absolute Gasteiger partial charge is 0.277 e. The third-order valence-electron chi connectivity index (χ3n) is 3.43. The summed E-state index contributed by atoms with van der Waals surface area (Å²) in [5.41, 5.74) is 1.76. The van der Waals surface area contributed by atoms with E-state index in [1.807, 2.05) is 12.1 Å². The summed E-state index contributed by atoms with van der Waals surface area (Å²) in [4.78, 5) is 21.5. The number of fused-ring (bicyclic) bond motifs is 1. The van der Waals surface area contributed by atoms with E-state index in [1.54, 1.807) is 24.9 Å². The average molecular weight is 366 g/mol. The molecule has 2 heterocycles. The molecule has 7 nitrogen and oxygen atoms in total. The van der Waals surface area contributed by atoms with Crippen LogP contribution in [0.25, 0.3) is 11.0 Å². The van der Waals surface area contributed by atoms with Crippen LogP contribution in [0.5, 0.6) is 0 Å². The van der Waals surface area contributed by atoms with Crippen LogP contribution < -0.4 is 0 Å². The van der Waals surface area contributed by atoms with Gasteiger partial charge >= 0.3 is 0 Å². The quantitative estimate of drug-likeness (QED) is 0.676. The van der Waals surface area contributed by atoms with Crippen LogP contribution in [-0.4, -0.2) is 50.3 Å². The van der Waals surface area contributed by atoms with E-state index in [0.29, 0.717) is 29.1 Å². The number of carbonyl (C=O) groups excluding carboxylic acids is 1. The second-order valence-electron chi connectivity index (χ2n) is 5.29. The molecule has 0 saturated carbocycles. The molecule has 0 radical (unpaired) electrons. The van der Waals surface area contributed by atoms with Crippen molar-refractivity contribution in [2.45, 2.75) is 18.6 Å². The molecule has 0 atom stereocenters. The van der Waals surface area contributed by atoms with Crippen molar-refractivity contribution in [3.63, 3.8) is 0 Å². The van der Waals surface area contributed by atoms with Crippen LogP contribution in [-0.2, 0) is 11.2 Å². The van der Waals surface area contributed by atoms with Gasteiger partial charge in [-0.2, -0.15) is 0 Å². The summed E-state index contributed by atoms with van der Waals surface area (Å²) in [7, 11) is 1.77. The minimum absolute atomic E-state index is 0.00462. The highest BCUT2D eigenvalue weighted by molar-refractivity contribution is 7.99. The van der Waals surface area contributed by atoms with E-state index in [-0.39, 0.29) is 11.7 Å². The van der Waals surface area contributed by atoms with E-state index < -0.39 is 0 Å². The van der Waals surface area contributed by atoms with E-state index in [9.17, 15) is 4.79 Å². The number of halogens is 1. The minimum Gasteiger partial charge on any atom is -0.416 e. The third-order valence-corrected chi connectivity index (χ3v) is 4.47. The normalized spacial score (nSPS) is 11.1. The summed E-state index contributed by atoms with van der Waals surface area (Å²) in [5.74, 6) is 1.57. The molecule has 0 aliphatic rings. The first-order valence-electron chi connectivity index (χ1n) is 7.32. The molecule has 1 aromatic carbocycles. The molecule has 0 aliphatic carbocycles. The molecule has 1 amide bonds. The Morgan fingerprint density at radius 2 is 2.25 bits per heavy atom. The van der Waals surface area contributed by atoms with Crippen molar-refractivity contribution in [2.75, 3.05) is 19.3 Å². The van der Waals surface area contributed by atoms with Gasteiger partial charge in [-0.3, -0.25) is 4.79 Å². The summed E-state index contributed by atoms with van der Waals surface area (Å²) < 4.78 is 5.23. The van der Waals surface area contributed by atoms with Gasteiger partial charge in [-0.1, -0.05) is 23.4 Å². The number of hydrogen-bond donors (Lipinski definition) is 1. The van der Waals surface area contributed by atoms with Gasteiger partial charge in [-0.25, -0.2) is 4.98 Å². The molecule has 0 unspecified atom stereocenters. The Bertz CT molecular complexity index is 863. The van der Waals surface area contributed by atoms with Gasteiger partial charge in [-0.05, 0) is 18.2 Å². The Labute approximate surface area is 147 Å². The highest BCUT2D eigenvalue weighted by Crippen LogP contribution is 2.18. The summed E-state index contributed by atoms with van der Waals surface area (Å²) in [6.45, 7) is 2.28. The monoisotopic (exact) mass is 365 g/mol. The van der Waals surface area contributed by atoms with Crippen molar-refractivity contribution >= 4 is 40.3 Å². The molecule has 0 fully saturated rings. The van der Waals surface area contributed by atoms with Crippen molar-refractivity contribution in [3.05, 3.63) is 34.9 Å². The van der Waals surface area contributed by atoms with Gasteiger partial charge in [0.2, 0.25) is 11.8 Å². The molecule has 0 saturated heterocycles. The predicted octanol–water partition coefficient (Wildman–Crippen LogP) is 2.70. The Kier molecular flexibility index (Phi) is 5.06. The number of rotatable bonds is 6. The van der Waals surface area contributed by atoms with Gasteiger partial charge in [-0.15, -0.1) is 10.2 Å². The molecule has 3 rings (SSSR count). The number of aryl methyl sites for hydroxylation is 1. The number of thioether (sulfide) groups is 1. The van der Waals surface area contributed by atoms with Crippen LogP contribution in [0.4, 0.5) is 0 Å². The van der Waals surface area contributed by atoms with Crippen LogP contribution in [0, 0.1) is 6.92 Å². The third kappa shape index (κ3) is 4.07. The topological polar surface area (TPSA) is 87.9 Å². The first kappa shape index (κ1) is 16.8. The second kappa shape index (κ2) is 7.23. The number of aromatic amines is 1. The number of nitrogens with one attached hydrogen (secondary N) is 1. The van der Waals surface area contributed by atoms with E-state index in [0.717, 1.165) is 16.9 Å². The van der Waals surface area contributed by atoms with Gasteiger partial charge in [0.05, 0.1) is 16.8 Å².